The van der Waals surface area contributed by atoms with Gasteiger partial charge in [0.25, 0.3) is 0 Å². The Bertz CT molecular complexity index is 872. The van der Waals surface area contributed by atoms with Gasteiger partial charge in [-0.1, -0.05) is 36.1 Å². The maximum Gasteiger partial charge on any atom is 0.303 e. The summed E-state index contributed by atoms with van der Waals surface area (Å²) in [7, 11) is 0. The van der Waals surface area contributed by atoms with E-state index in [0.717, 1.165) is 12.0 Å². The second-order valence-corrected chi connectivity index (χ2v) is 6.75. The molecule has 0 amide bonds. The number of allylic oxidation sites excluding steroid dienone is 5. The van der Waals surface area contributed by atoms with E-state index in [-0.39, 0.29) is 31.0 Å². The lowest BCUT2D eigenvalue weighted by atomic mass is 9.65. The molecule has 0 aromatic heterocycles. The molecule has 0 aliphatic heterocycles. The van der Waals surface area contributed by atoms with Crippen LogP contribution in [0.2, 0.25) is 0 Å². The summed E-state index contributed by atoms with van der Waals surface area (Å²) >= 11 is 0. The van der Waals surface area contributed by atoms with E-state index in [4.69, 9.17) is 9.47 Å². The van der Waals surface area contributed by atoms with Gasteiger partial charge >= 0.3 is 11.9 Å². The van der Waals surface area contributed by atoms with E-state index in [1.54, 1.807) is 0 Å². The normalized spacial score (nSPS) is 22.8. The molecule has 2 bridgehead atoms. The highest BCUT2D eigenvalue weighted by Crippen LogP contribution is 2.49. The van der Waals surface area contributed by atoms with Gasteiger partial charge < -0.3 is 9.47 Å². The van der Waals surface area contributed by atoms with Gasteiger partial charge in [0.15, 0.2) is 6.61 Å². The van der Waals surface area contributed by atoms with E-state index in [1.165, 1.54) is 13.8 Å². The molecule has 0 spiro atoms. The molecule has 6 heteroatoms. The van der Waals surface area contributed by atoms with Gasteiger partial charge in [0.2, 0.25) is 5.41 Å². The van der Waals surface area contributed by atoms with Crippen molar-refractivity contribution in [1.82, 2.24) is 0 Å². The Labute approximate surface area is 165 Å². The van der Waals surface area contributed by atoms with Crippen LogP contribution in [0.5, 0.6) is 0 Å². The van der Waals surface area contributed by atoms with Gasteiger partial charge in [-0.2, -0.15) is 10.5 Å². The summed E-state index contributed by atoms with van der Waals surface area (Å²) in [6, 6.07) is 4.12. The summed E-state index contributed by atoms with van der Waals surface area (Å²) in [5.41, 5.74) is -0.245. The van der Waals surface area contributed by atoms with Gasteiger partial charge in [-0.15, -0.1) is 0 Å². The lowest BCUT2D eigenvalue weighted by Gasteiger charge is -2.35. The molecule has 0 aromatic carbocycles. The number of hydrogen-bond acceptors (Lipinski definition) is 6. The summed E-state index contributed by atoms with van der Waals surface area (Å²) in [5, 5.41) is 19.7. The van der Waals surface area contributed by atoms with E-state index in [9.17, 15) is 20.1 Å². The first-order valence-corrected chi connectivity index (χ1v) is 9.01. The van der Waals surface area contributed by atoms with Gasteiger partial charge in [0, 0.05) is 19.8 Å². The van der Waals surface area contributed by atoms with Crippen LogP contribution in [-0.4, -0.2) is 25.2 Å². The SMILES string of the molecule is CC=C(COC(C)=O)[C@@H]1C(C(C#N)(C#N)C#CCOC(C)=O)=C[C@H]2C=C[C@@H]1C2. The molecule has 0 radical (unpaired) electrons. The topological polar surface area (TPSA) is 100 Å². The van der Waals surface area contributed by atoms with Gasteiger partial charge in [0.05, 0.1) is 0 Å². The Morgan fingerprint density at radius 3 is 2.46 bits per heavy atom. The predicted octanol–water partition coefficient (Wildman–Crippen LogP) is 2.84. The van der Waals surface area contributed by atoms with Crippen molar-refractivity contribution in [2.75, 3.05) is 13.2 Å². The van der Waals surface area contributed by atoms with E-state index < -0.39 is 17.4 Å². The number of hydrogen-bond donors (Lipinski definition) is 0. The second-order valence-electron chi connectivity index (χ2n) is 6.75. The zero-order chi connectivity index (χ0) is 20.7. The molecule has 6 nitrogen and oxygen atoms in total. The highest BCUT2D eigenvalue weighted by atomic mass is 16.5. The fourth-order valence-electron chi connectivity index (χ4n) is 3.65. The third kappa shape index (κ3) is 4.51. The Hall–Kier alpha value is -3.30. The Morgan fingerprint density at radius 2 is 1.89 bits per heavy atom. The molecule has 2 aliphatic rings. The Morgan fingerprint density at radius 1 is 1.21 bits per heavy atom. The molecule has 2 aliphatic carbocycles. The van der Waals surface area contributed by atoms with Crippen molar-refractivity contribution in [2.45, 2.75) is 27.2 Å². The fraction of sp³-hybridized carbons (Fsp3) is 0.455. The number of ether oxygens (including phenoxy) is 2. The summed E-state index contributed by atoms with van der Waals surface area (Å²) in [6.07, 6.45) is 8.81. The number of rotatable bonds is 5. The minimum absolute atomic E-state index is 0.0939. The third-order valence-electron chi connectivity index (χ3n) is 4.91. The molecular weight excluding hydrogens is 356 g/mol. The number of fused-ring (bicyclic) bond motifs is 2. The van der Waals surface area contributed by atoms with Crippen LogP contribution in [0.1, 0.15) is 27.2 Å². The average molecular weight is 378 g/mol. The summed E-state index contributed by atoms with van der Waals surface area (Å²) in [5.74, 6) is 4.45. The molecule has 28 heavy (non-hydrogen) atoms. The Balaban J connectivity index is 2.45. The minimum Gasteiger partial charge on any atom is -0.461 e. The molecule has 0 saturated carbocycles. The van der Waals surface area contributed by atoms with Crippen molar-refractivity contribution in [2.24, 2.45) is 23.2 Å². The van der Waals surface area contributed by atoms with Crippen LogP contribution in [-0.2, 0) is 19.1 Å². The van der Waals surface area contributed by atoms with Crippen LogP contribution in [0.4, 0.5) is 0 Å². The molecule has 0 N–H and O–H groups in total. The monoisotopic (exact) mass is 378 g/mol. The standard InChI is InChI=1S/C22H22N2O4/c1-4-18(12-28-16(3)26)21-19-7-6-17(10-19)11-20(21)22(13-23,14-24)8-5-9-27-15(2)25/h4,6-7,11,17,19,21H,9-10,12H2,1-3H3/t17-,19+,21-/m0/s1. The first-order chi connectivity index (χ1) is 13.4. The molecule has 0 saturated heterocycles. The van der Waals surface area contributed by atoms with Crippen LogP contribution >= 0.6 is 0 Å². The van der Waals surface area contributed by atoms with Crippen LogP contribution in [0, 0.1) is 57.7 Å². The molecule has 0 fully saturated rings. The van der Waals surface area contributed by atoms with Gasteiger partial charge in [-0.05, 0) is 36.3 Å². The van der Waals surface area contributed by atoms with E-state index in [1.807, 2.05) is 19.1 Å². The molecule has 0 aromatic rings. The largest absolute Gasteiger partial charge is 0.461 e. The van der Waals surface area contributed by atoms with E-state index in [0.29, 0.717) is 5.57 Å². The van der Waals surface area contributed by atoms with Crippen LogP contribution in [0.3, 0.4) is 0 Å². The highest BCUT2D eigenvalue weighted by Gasteiger charge is 2.45. The van der Waals surface area contributed by atoms with Crippen molar-refractivity contribution in [3.8, 4) is 24.0 Å². The fourth-order valence-corrected chi connectivity index (χ4v) is 3.65. The highest BCUT2D eigenvalue weighted by molar-refractivity contribution is 5.66. The summed E-state index contributed by atoms with van der Waals surface area (Å²) in [4.78, 5) is 22.2. The summed E-state index contributed by atoms with van der Waals surface area (Å²) < 4.78 is 9.99. The van der Waals surface area contributed by atoms with Gasteiger partial charge in [-0.25, -0.2) is 0 Å². The lowest BCUT2D eigenvalue weighted by Crippen LogP contribution is -2.32. The van der Waals surface area contributed by atoms with Crippen LogP contribution < -0.4 is 0 Å². The molecule has 0 unspecified atom stereocenters. The van der Waals surface area contributed by atoms with E-state index >= 15 is 0 Å². The third-order valence-corrected chi connectivity index (χ3v) is 4.91. The number of esters is 2. The predicted molar refractivity (Wildman–Crippen MR) is 101 cm³/mol. The minimum atomic E-state index is -1.67. The number of carbonyl (C=O) groups is 2. The quantitative estimate of drug-likeness (QED) is 0.414. The van der Waals surface area contributed by atoms with Crippen LogP contribution in [0.15, 0.2) is 35.5 Å². The number of nitriles is 2. The first kappa shape index (κ1) is 21.0. The van der Waals surface area contributed by atoms with Gasteiger partial charge in [-0.3, -0.25) is 9.59 Å². The maximum absolute atomic E-state index is 11.3. The second kappa shape index (κ2) is 9.07. The zero-order valence-electron chi connectivity index (χ0n) is 16.2. The lowest BCUT2D eigenvalue weighted by molar-refractivity contribution is -0.140. The molecule has 2 rings (SSSR count). The molecule has 144 valence electrons. The van der Waals surface area contributed by atoms with Crippen molar-refractivity contribution in [3.63, 3.8) is 0 Å². The number of carbonyl (C=O) groups excluding carboxylic acids is 2. The smallest absolute Gasteiger partial charge is 0.303 e. The van der Waals surface area contributed by atoms with Crippen LogP contribution in [0.25, 0.3) is 0 Å². The summed E-state index contributed by atoms with van der Waals surface area (Å²) in [6.45, 7) is 4.35. The average Bonchev–Trinajstić information content (AvgIpc) is 3.05. The van der Waals surface area contributed by atoms with Gasteiger partial charge in [0.1, 0.15) is 18.7 Å². The van der Waals surface area contributed by atoms with Crippen molar-refractivity contribution < 1.29 is 19.1 Å². The zero-order valence-corrected chi connectivity index (χ0v) is 16.2. The molecular formula is C22H22N2O4. The van der Waals surface area contributed by atoms with Crippen molar-refractivity contribution in [3.05, 3.63) is 35.5 Å². The van der Waals surface area contributed by atoms with Crippen molar-refractivity contribution in [1.29, 1.82) is 10.5 Å². The Kier molecular flexibility index (Phi) is 6.80. The van der Waals surface area contributed by atoms with E-state index in [2.05, 4.69) is 36.1 Å². The molecule has 3 atom stereocenters. The number of nitrogens with zero attached hydrogens (tertiary/aromatic N) is 2. The first-order valence-electron chi connectivity index (χ1n) is 9.01. The van der Waals surface area contributed by atoms with Crippen molar-refractivity contribution >= 4 is 11.9 Å². The molecule has 0 heterocycles. The maximum atomic E-state index is 11.3.